The minimum Gasteiger partial charge on any atom is -0.478 e. The molecule has 0 radical (unpaired) electrons. The van der Waals surface area contributed by atoms with Gasteiger partial charge in [-0.2, -0.15) is 0 Å². The Kier molecular flexibility index (Phi) is 4.19. The van der Waals surface area contributed by atoms with E-state index in [1.54, 1.807) is 0 Å². The predicted molar refractivity (Wildman–Crippen MR) is 74.4 cm³/mol. The van der Waals surface area contributed by atoms with E-state index in [1.165, 1.54) is 12.1 Å². The molecule has 0 bridgehead atoms. The van der Waals surface area contributed by atoms with Crippen molar-refractivity contribution >= 4 is 17.3 Å². The van der Waals surface area contributed by atoms with Crippen molar-refractivity contribution in [3.8, 4) is 0 Å². The summed E-state index contributed by atoms with van der Waals surface area (Å²) in [6, 6.07) is 4.27. The van der Waals surface area contributed by atoms with Gasteiger partial charge < -0.3 is 15.3 Å². The highest BCUT2D eigenvalue weighted by Gasteiger charge is 2.25. The van der Waals surface area contributed by atoms with E-state index in [4.69, 9.17) is 5.11 Å². The number of hydrogen-bond acceptors (Lipinski definition) is 5. The molecule has 1 heterocycles. The number of aromatic carboxylic acids is 1. The average molecular weight is 279 g/mol. The molecule has 20 heavy (non-hydrogen) atoms. The molecule has 0 atom stereocenters. The first-order valence-corrected chi connectivity index (χ1v) is 6.46. The van der Waals surface area contributed by atoms with E-state index in [1.807, 2.05) is 11.9 Å². The van der Waals surface area contributed by atoms with Crippen LogP contribution in [0, 0.1) is 10.1 Å². The zero-order valence-corrected chi connectivity index (χ0v) is 11.2. The molecule has 1 aromatic carbocycles. The number of anilines is 1. The fourth-order valence-corrected chi connectivity index (χ4v) is 2.49. The van der Waals surface area contributed by atoms with Gasteiger partial charge in [-0.25, -0.2) is 4.79 Å². The van der Waals surface area contributed by atoms with Crippen LogP contribution in [0.25, 0.3) is 0 Å². The molecule has 108 valence electrons. The first-order valence-electron chi connectivity index (χ1n) is 6.46. The Morgan fingerprint density at radius 1 is 1.45 bits per heavy atom. The lowest BCUT2D eigenvalue weighted by atomic mass is 10.0. The third-order valence-corrected chi connectivity index (χ3v) is 3.66. The second-order valence-corrected chi connectivity index (χ2v) is 4.86. The SMILES string of the molecule is CN(c1ccc(C(=O)O)cc1[N+](=O)[O-])C1CCNCC1. The van der Waals surface area contributed by atoms with Gasteiger partial charge in [0, 0.05) is 19.2 Å². The molecular formula is C13H17N3O4. The highest BCUT2D eigenvalue weighted by atomic mass is 16.6. The molecule has 1 aromatic rings. The van der Waals surface area contributed by atoms with Gasteiger partial charge in [-0.05, 0) is 38.1 Å². The van der Waals surface area contributed by atoms with Crippen LogP contribution in [0.1, 0.15) is 23.2 Å². The molecule has 0 aliphatic carbocycles. The van der Waals surface area contributed by atoms with E-state index >= 15 is 0 Å². The van der Waals surface area contributed by atoms with Gasteiger partial charge in [0.2, 0.25) is 0 Å². The number of carboxylic acids is 1. The monoisotopic (exact) mass is 279 g/mol. The number of piperidine rings is 1. The van der Waals surface area contributed by atoms with Crippen LogP contribution in [-0.4, -0.2) is 42.2 Å². The lowest BCUT2D eigenvalue weighted by molar-refractivity contribution is -0.384. The Hall–Kier alpha value is -2.15. The molecule has 1 aliphatic rings. The van der Waals surface area contributed by atoms with Crippen molar-refractivity contribution in [1.82, 2.24) is 5.32 Å². The first-order chi connectivity index (χ1) is 9.50. The molecule has 0 unspecified atom stereocenters. The molecule has 1 aliphatic heterocycles. The molecule has 0 spiro atoms. The standard InChI is InChI=1S/C13H17N3O4/c1-15(10-4-6-14-7-5-10)11-3-2-9(13(17)18)8-12(11)16(19)20/h2-3,8,10,14H,4-7H2,1H3,(H,17,18). The zero-order chi connectivity index (χ0) is 14.7. The Morgan fingerprint density at radius 2 is 2.10 bits per heavy atom. The minimum atomic E-state index is -1.16. The Bertz CT molecular complexity index is 526. The summed E-state index contributed by atoms with van der Waals surface area (Å²) in [6.45, 7) is 1.77. The highest BCUT2D eigenvalue weighted by Crippen LogP contribution is 2.31. The Morgan fingerprint density at radius 3 is 2.65 bits per heavy atom. The van der Waals surface area contributed by atoms with E-state index in [9.17, 15) is 14.9 Å². The summed E-state index contributed by atoms with van der Waals surface area (Å²) in [5, 5.41) is 23.3. The van der Waals surface area contributed by atoms with Crippen LogP contribution in [0.4, 0.5) is 11.4 Å². The molecule has 0 aromatic heterocycles. The number of nitro groups is 1. The lowest BCUT2D eigenvalue weighted by Gasteiger charge is -2.33. The normalized spacial score (nSPS) is 15.8. The smallest absolute Gasteiger partial charge is 0.335 e. The maximum atomic E-state index is 11.2. The average Bonchev–Trinajstić information content (AvgIpc) is 2.46. The van der Waals surface area contributed by atoms with Crippen LogP contribution in [0.5, 0.6) is 0 Å². The number of nitro benzene ring substituents is 1. The first kappa shape index (κ1) is 14.3. The quantitative estimate of drug-likeness (QED) is 0.640. The maximum absolute atomic E-state index is 11.2. The highest BCUT2D eigenvalue weighted by molar-refractivity contribution is 5.89. The van der Waals surface area contributed by atoms with Gasteiger partial charge >= 0.3 is 5.97 Å². The van der Waals surface area contributed by atoms with Crippen molar-refractivity contribution in [1.29, 1.82) is 0 Å². The number of nitrogens with zero attached hydrogens (tertiary/aromatic N) is 2. The Labute approximate surface area is 116 Å². The molecule has 2 N–H and O–H groups in total. The summed E-state index contributed by atoms with van der Waals surface area (Å²) < 4.78 is 0. The fraction of sp³-hybridized carbons (Fsp3) is 0.462. The molecule has 7 nitrogen and oxygen atoms in total. The number of rotatable bonds is 4. The second-order valence-electron chi connectivity index (χ2n) is 4.86. The molecular weight excluding hydrogens is 262 g/mol. The number of hydrogen-bond donors (Lipinski definition) is 2. The van der Waals surface area contributed by atoms with E-state index in [2.05, 4.69) is 5.32 Å². The third-order valence-electron chi connectivity index (χ3n) is 3.66. The third kappa shape index (κ3) is 2.88. The molecule has 0 saturated carbocycles. The van der Waals surface area contributed by atoms with E-state index in [0.29, 0.717) is 5.69 Å². The van der Waals surface area contributed by atoms with Gasteiger partial charge in [-0.15, -0.1) is 0 Å². The van der Waals surface area contributed by atoms with Crippen LogP contribution in [0.2, 0.25) is 0 Å². The minimum absolute atomic E-state index is 0.0702. The largest absolute Gasteiger partial charge is 0.478 e. The van der Waals surface area contributed by atoms with E-state index in [-0.39, 0.29) is 17.3 Å². The summed E-state index contributed by atoms with van der Waals surface area (Å²) in [5.41, 5.74) is 0.233. The lowest BCUT2D eigenvalue weighted by Crippen LogP contribution is -2.41. The van der Waals surface area contributed by atoms with Gasteiger partial charge in [0.05, 0.1) is 10.5 Å². The number of benzene rings is 1. The maximum Gasteiger partial charge on any atom is 0.335 e. The van der Waals surface area contributed by atoms with Gasteiger partial charge in [0.15, 0.2) is 0 Å². The number of carboxylic acid groups (broad SMARTS) is 1. The fourth-order valence-electron chi connectivity index (χ4n) is 2.49. The van der Waals surface area contributed by atoms with Crippen LogP contribution in [-0.2, 0) is 0 Å². The van der Waals surface area contributed by atoms with Gasteiger partial charge in [0.1, 0.15) is 5.69 Å². The number of nitrogens with one attached hydrogen (secondary N) is 1. The number of carbonyl (C=O) groups is 1. The zero-order valence-electron chi connectivity index (χ0n) is 11.2. The molecule has 1 saturated heterocycles. The van der Waals surface area contributed by atoms with Crippen LogP contribution < -0.4 is 10.2 Å². The van der Waals surface area contributed by atoms with Gasteiger partial charge in [-0.3, -0.25) is 10.1 Å². The summed E-state index contributed by atoms with van der Waals surface area (Å²) >= 11 is 0. The van der Waals surface area contributed by atoms with Gasteiger partial charge in [0.25, 0.3) is 5.69 Å². The topological polar surface area (TPSA) is 95.7 Å². The molecule has 0 amide bonds. The van der Waals surface area contributed by atoms with Crippen LogP contribution in [0.15, 0.2) is 18.2 Å². The van der Waals surface area contributed by atoms with E-state index < -0.39 is 10.9 Å². The van der Waals surface area contributed by atoms with E-state index in [0.717, 1.165) is 32.0 Å². The molecule has 2 rings (SSSR count). The van der Waals surface area contributed by atoms with Crippen molar-refractivity contribution in [2.24, 2.45) is 0 Å². The van der Waals surface area contributed by atoms with Crippen molar-refractivity contribution in [3.63, 3.8) is 0 Å². The summed E-state index contributed by atoms with van der Waals surface area (Å²) in [4.78, 5) is 23.4. The van der Waals surface area contributed by atoms with Gasteiger partial charge in [-0.1, -0.05) is 0 Å². The van der Waals surface area contributed by atoms with Crippen molar-refractivity contribution in [3.05, 3.63) is 33.9 Å². The second kappa shape index (κ2) is 5.87. The van der Waals surface area contributed by atoms with Crippen LogP contribution >= 0.6 is 0 Å². The molecule has 7 heteroatoms. The predicted octanol–water partition coefficient (Wildman–Crippen LogP) is 1.48. The van der Waals surface area contributed by atoms with Crippen molar-refractivity contribution in [2.75, 3.05) is 25.0 Å². The van der Waals surface area contributed by atoms with Crippen molar-refractivity contribution in [2.45, 2.75) is 18.9 Å². The van der Waals surface area contributed by atoms with Crippen molar-refractivity contribution < 1.29 is 14.8 Å². The Balaban J connectivity index is 2.34. The van der Waals surface area contributed by atoms with Crippen LogP contribution in [0.3, 0.4) is 0 Å². The summed E-state index contributed by atoms with van der Waals surface area (Å²) in [5.74, 6) is -1.16. The summed E-state index contributed by atoms with van der Waals surface area (Å²) in [6.07, 6.45) is 1.82. The molecule has 1 fully saturated rings. The summed E-state index contributed by atoms with van der Waals surface area (Å²) in [7, 11) is 1.82.